The fourth-order valence-electron chi connectivity index (χ4n) is 2.27. The van der Waals surface area contributed by atoms with E-state index in [1.54, 1.807) is 0 Å². The maximum atomic E-state index is 5.71. The van der Waals surface area contributed by atoms with Crippen LogP contribution in [-0.2, 0) is 0 Å². The van der Waals surface area contributed by atoms with Gasteiger partial charge in [-0.2, -0.15) is 0 Å². The summed E-state index contributed by atoms with van der Waals surface area (Å²) in [4.78, 5) is 0. The Bertz CT molecular complexity index is 435. The van der Waals surface area contributed by atoms with Crippen molar-refractivity contribution in [3.63, 3.8) is 0 Å². The summed E-state index contributed by atoms with van der Waals surface area (Å²) in [6, 6.07) is 4.14. The van der Waals surface area contributed by atoms with Crippen LogP contribution in [-0.4, -0.2) is 24.4 Å². The van der Waals surface area contributed by atoms with Crippen LogP contribution in [0, 0.1) is 12.8 Å². The van der Waals surface area contributed by atoms with E-state index in [9.17, 15) is 0 Å². The molecule has 2 atom stereocenters. The summed E-state index contributed by atoms with van der Waals surface area (Å²) in [7, 11) is 4.20. The van der Waals surface area contributed by atoms with E-state index < -0.39 is 0 Å². The minimum atomic E-state index is 0.428. The van der Waals surface area contributed by atoms with Gasteiger partial charge in [0.1, 0.15) is 25.6 Å². The zero-order valence-corrected chi connectivity index (χ0v) is 10.5. The molecule has 0 fully saturated rings. The lowest BCUT2D eigenvalue weighted by atomic mass is 9.83. The minimum absolute atomic E-state index is 0.428. The second-order valence-electron chi connectivity index (χ2n) is 4.90. The maximum absolute atomic E-state index is 5.71. The molecule has 1 heterocycles. The topological polar surface area (TPSA) is 16.1 Å². The van der Waals surface area contributed by atoms with E-state index in [4.69, 9.17) is 4.42 Å². The van der Waals surface area contributed by atoms with Crippen molar-refractivity contribution in [2.75, 3.05) is 14.1 Å². The predicted molar refractivity (Wildman–Crippen MR) is 66.2 cm³/mol. The number of furan rings is 1. The summed E-state index contributed by atoms with van der Waals surface area (Å²) in [6.07, 6.45) is 5.61. The molecule has 0 bridgehead atoms. The lowest BCUT2D eigenvalue weighted by molar-refractivity contribution is -0.465. The first-order chi connectivity index (χ1) is 7.58. The van der Waals surface area contributed by atoms with Gasteiger partial charge in [-0.1, -0.05) is 13.0 Å². The average molecular weight is 218 g/mol. The highest BCUT2D eigenvalue weighted by molar-refractivity contribution is 5.92. The van der Waals surface area contributed by atoms with Gasteiger partial charge in [0, 0.05) is 18.4 Å². The quantitative estimate of drug-likeness (QED) is 0.662. The standard InChI is InChI=1S/C14H20NO/c1-10-9-12(15(3)4)6-7-13(10)14-8-5-11(2)16-14/h5-8,10,13H,9H2,1-4H3/q+1/t10-,13+/m0/s1. The third kappa shape index (κ3) is 2.11. The lowest BCUT2D eigenvalue weighted by Gasteiger charge is -2.21. The number of aryl methyl sites for hydroxylation is 1. The van der Waals surface area contributed by atoms with E-state index in [0.717, 1.165) is 17.9 Å². The lowest BCUT2D eigenvalue weighted by Crippen LogP contribution is -2.22. The van der Waals surface area contributed by atoms with Crippen LogP contribution in [0.25, 0.3) is 0 Å². The van der Waals surface area contributed by atoms with Crippen molar-refractivity contribution in [1.29, 1.82) is 0 Å². The third-order valence-electron chi connectivity index (χ3n) is 3.30. The van der Waals surface area contributed by atoms with E-state index in [-0.39, 0.29) is 0 Å². The molecule has 0 saturated carbocycles. The molecule has 0 amide bonds. The molecule has 0 N–H and O–H groups in total. The van der Waals surface area contributed by atoms with Crippen LogP contribution in [0.2, 0.25) is 0 Å². The first-order valence-electron chi connectivity index (χ1n) is 5.85. The summed E-state index contributed by atoms with van der Waals surface area (Å²) in [5, 5.41) is 0. The van der Waals surface area contributed by atoms with Crippen molar-refractivity contribution < 1.29 is 8.99 Å². The Hall–Kier alpha value is -1.31. The molecule has 2 rings (SSSR count). The molecule has 0 aromatic carbocycles. The van der Waals surface area contributed by atoms with Crippen molar-refractivity contribution in [3.8, 4) is 0 Å². The van der Waals surface area contributed by atoms with Gasteiger partial charge in [0.2, 0.25) is 0 Å². The normalized spacial score (nSPS) is 24.9. The highest BCUT2D eigenvalue weighted by Crippen LogP contribution is 2.32. The number of hydrogen-bond donors (Lipinski definition) is 0. The smallest absolute Gasteiger partial charge is 0.175 e. The fraction of sp³-hybridized carbons (Fsp3) is 0.500. The molecule has 0 spiro atoms. The summed E-state index contributed by atoms with van der Waals surface area (Å²) in [6.45, 7) is 4.29. The van der Waals surface area contributed by atoms with Gasteiger partial charge in [-0.25, -0.2) is 4.58 Å². The summed E-state index contributed by atoms with van der Waals surface area (Å²) in [5.41, 5.74) is 1.40. The molecule has 2 heteroatoms. The van der Waals surface area contributed by atoms with Gasteiger partial charge >= 0.3 is 0 Å². The molecular formula is C14H20NO+. The first-order valence-corrected chi connectivity index (χ1v) is 5.85. The van der Waals surface area contributed by atoms with Crippen molar-refractivity contribution in [2.24, 2.45) is 5.92 Å². The van der Waals surface area contributed by atoms with E-state index in [1.165, 1.54) is 5.71 Å². The van der Waals surface area contributed by atoms with Crippen molar-refractivity contribution in [2.45, 2.75) is 26.2 Å². The average Bonchev–Trinajstić information content (AvgIpc) is 2.64. The monoisotopic (exact) mass is 218 g/mol. The second kappa shape index (κ2) is 4.28. The van der Waals surface area contributed by atoms with Gasteiger partial charge in [0.25, 0.3) is 0 Å². The Morgan fingerprint density at radius 1 is 1.31 bits per heavy atom. The van der Waals surface area contributed by atoms with Crippen LogP contribution in [0.4, 0.5) is 0 Å². The Balaban J connectivity index is 2.26. The number of hydrogen-bond acceptors (Lipinski definition) is 1. The Morgan fingerprint density at radius 3 is 2.56 bits per heavy atom. The van der Waals surface area contributed by atoms with Crippen LogP contribution in [0.3, 0.4) is 0 Å². The highest BCUT2D eigenvalue weighted by Gasteiger charge is 2.26. The summed E-state index contributed by atoms with van der Waals surface area (Å²) < 4.78 is 7.91. The molecule has 1 aliphatic carbocycles. The van der Waals surface area contributed by atoms with Gasteiger partial charge < -0.3 is 4.42 Å². The molecule has 1 aliphatic rings. The molecule has 0 saturated heterocycles. The summed E-state index contributed by atoms with van der Waals surface area (Å²) >= 11 is 0. The van der Waals surface area contributed by atoms with Crippen molar-refractivity contribution >= 4 is 5.71 Å². The van der Waals surface area contributed by atoms with E-state index >= 15 is 0 Å². The van der Waals surface area contributed by atoms with E-state index in [0.29, 0.717) is 11.8 Å². The third-order valence-corrected chi connectivity index (χ3v) is 3.30. The van der Waals surface area contributed by atoms with Gasteiger partial charge in [-0.3, -0.25) is 0 Å². The molecule has 1 aromatic rings. The van der Waals surface area contributed by atoms with Crippen molar-refractivity contribution in [3.05, 3.63) is 35.8 Å². The van der Waals surface area contributed by atoms with Gasteiger partial charge in [-0.05, 0) is 25.0 Å². The van der Waals surface area contributed by atoms with Crippen LogP contribution in [0.1, 0.15) is 30.8 Å². The Kier molecular flexibility index (Phi) is 2.99. The molecule has 16 heavy (non-hydrogen) atoms. The largest absolute Gasteiger partial charge is 0.466 e. The fourth-order valence-corrected chi connectivity index (χ4v) is 2.27. The Labute approximate surface area is 97.3 Å². The number of allylic oxidation sites excluding steroid dienone is 2. The van der Waals surface area contributed by atoms with Crippen LogP contribution >= 0.6 is 0 Å². The highest BCUT2D eigenvalue weighted by atomic mass is 16.3. The zero-order chi connectivity index (χ0) is 11.7. The Morgan fingerprint density at radius 2 is 2.06 bits per heavy atom. The zero-order valence-electron chi connectivity index (χ0n) is 10.5. The molecule has 0 aliphatic heterocycles. The van der Waals surface area contributed by atoms with Crippen LogP contribution in [0.15, 0.2) is 28.7 Å². The SMILES string of the molecule is Cc1ccc([C@@H]2C=CC(=[N+](C)C)C[C@@H]2C)o1. The minimum Gasteiger partial charge on any atom is -0.466 e. The van der Waals surface area contributed by atoms with Crippen LogP contribution in [0.5, 0.6) is 0 Å². The molecule has 1 aromatic heterocycles. The first kappa shape index (κ1) is 11.2. The summed E-state index contributed by atoms with van der Waals surface area (Å²) in [5.74, 6) is 3.13. The molecule has 0 unspecified atom stereocenters. The maximum Gasteiger partial charge on any atom is 0.175 e. The molecule has 0 radical (unpaired) electrons. The van der Waals surface area contributed by atoms with Gasteiger partial charge in [0.15, 0.2) is 5.71 Å². The van der Waals surface area contributed by atoms with Crippen molar-refractivity contribution in [1.82, 2.24) is 0 Å². The second-order valence-corrected chi connectivity index (χ2v) is 4.90. The van der Waals surface area contributed by atoms with Crippen LogP contribution < -0.4 is 0 Å². The number of nitrogens with zero attached hydrogens (tertiary/aromatic N) is 1. The van der Waals surface area contributed by atoms with E-state index in [2.05, 4.69) is 43.8 Å². The number of rotatable bonds is 1. The molecular weight excluding hydrogens is 198 g/mol. The predicted octanol–water partition coefficient (Wildman–Crippen LogP) is 2.98. The van der Waals surface area contributed by atoms with Gasteiger partial charge in [0.05, 0.1) is 0 Å². The van der Waals surface area contributed by atoms with Gasteiger partial charge in [-0.15, -0.1) is 0 Å². The van der Waals surface area contributed by atoms with E-state index in [1.807, 2.05) is 13.0 Å². The molecule has 2 nitrogen and oxygen atoms in total. The molecule has 86 valence electrons.